The molecule has 1 saturated carbocycles. The zero-order valence-electron chi connectivity index (χ0n) is 16.1. The van der Waals surface area contributed by atoms with E-state index in [2.05, 4.69) is 11.9 Å². The highest BCUT2D eigenvalue weighted by Crippen LogP contribution is 2.32. The van der Waals surface area contributed by atoms with Crippen LogP contribution in [-0.4, -0.2) is 27.3 Å². The van der Waals surface area contributed by atoms with E-state index in [1.54, 1.807) is 10.6 Å². The summed E-state index contributed by atoms with van der Waals surface area (Å²) in [5, 5.41) is 6.25. The summed E-state index contributed by atoms with van der Waals surface area (Å²) in [6, 6.07) is 10.2. The number of benzene rings is 1. The molecule has 2 heterocycles. The molecule has 0 unspecified atom stereocenters. The number of thioether (sulfide) groups is 1. The first kappa shape index (κ1) is 19.9. The van der Waals surface area contributed by atoms with Crippen LogP contribution in [0.3, 0.4) is 0 Å². The maximum Gasteiger partial charge on any atom is 0.263 e. The van der Waals surface area contributed by atoms with E-state index in [0.717, 1.165) is 24.0 Å². The van der Waals surface area contributed by atoms with Crippen LogP contribution in [-0.2, 0) is 11.3 Å². The Labute approximate surface area is 177 Å². The van der Waals surface area contributed by atoms with Gasteiger partial charge in [0.15, 0.2) is 5.16 Å². The molecule has 5 nitrogen and oxygen atoms in total. The molecular weight excluding hydrogens is 402 g/mol. The van der Waals surface area contributed by atoms with Gasteiger partial charge in [-0.15, -0.1) is 17.9 Å². The lowest BCUT2D eigenvalue weighted by molar-refractivity contribution is -0.119. The lowest BCUT2D eigenvalue weighted by Crippen LogP contribution is -2.34. The van der Waals surface area contributed by atoms with Crippen LogP contribution in [0, 0.1) is 0 Å². The smallest absolute Gasteiger partial charge is 0.263 e. The molecule has 1 aliphatic carbocycles. The van der Waals surface area contributed by atoms with Crippen molar-refractivity contribution in [3.05, 3.63) is 58.7 Å². The van der Waals surface area contributed by atoms with Gasteiger partial charge in [0.1, 0.15) is 4.83 Å². The Balaban J connectivity index is 1.63. The first-order valence-electron chi connectivity index (χ1n) is 9.78. The van der Waals surface area contributed by atoms with Gasteiger partial charge >= 0.3 is 0 Å². The van der Waals surface area contributed by atoms with Gasteiger partial charge in [-0.2, -0.15) is 0 Å². The highest BCUT2D eigenvalue weighted by Gasteiger charge is 2.20. The minimum Gasteiger partial charge on any atom is -0.353 e. The largest absolute Gasteiger partial charge is 0.353 e. The molecule has 0 atom stereocenters. The second-order valence-electron chi connectivity index (χ2n) is 7.13. The SMILES string of the molecule is C=CCn1c(SCC(=O)NC2CCCC2)nc2scc(-c3ccccc3)c2c1=O. The van der Waals surface area contributed by atoms with Crippen molar-refractivity contribution in [1.82, 2.24) is 14.9 Å². The molecule has 0 aliphatic heterocycles. The summed E-state index contributed by atoms with van der Waals surface area (Å²) >= 11 is 2.77. The zero-order chi connectivity index (χ0) is 20.2. The van der Waals surface area contributed by atoms with E-state index in [0.29, 0.717) is 28.0 Å². The molecule has 1 amide bonds. The molecule has 3 aromatic rings. The Morgan fingerprint density at radius 3 is 2.79 bits per heavy atom. The monoisotopic (exact) mass is 425 g/mol. The van der Waals surface area contributed by atoms with Crippen LogP contribution in [0.15, 0.2) is 58.3 Å². The highest BCUT2D eigenvalue weighted by atomic mass is 32.2. The average Bonchev–Trinajstić information content (AvgIpc) is 3.39. The molecular formula is C22H23N3O2S2. The van der Waals surface area contributed by atoms with E-state index in [1.165, 1.54) is 35.9 Å². The van der Waals surface area contributed by atoms with E-state index in [9.17, 15) is 9.59 Å². The number of allylic oxidation sites excluding steroid dienone is 1. The highest BCUT2D eigenvalue weighted by molar-refractivity contribution is 7.99. The Morgan fingerprint density at radius 1 is 1.31 bits per heavy atom. The number of thiophene rings is 1. The number of amides is 1. The van der Waals surface area contributed by atoms with Crippen molar-refractivity contribution in [1.29, 1.82) is 0 Å². The standard InChI is InChI=1S/C22H23N3O2S2/c1-2-12-25-21(27)19-17(15-8-4-3-5-9-15)13-28-20(19)24-22(25)29-14-18(26)23-16-10-6-7-11-16/h2-5,8-9,13,16H,1,6-7,10-12,14H2,(H,23,26). The summed E-state index contributed by atoms with van der Waals surface area (Å²) in [6.45, 7) is 4.14. The third-order valence-electron chi connectivity index (χ3n) is 5.11. The summed E-state index contributed by atoms with van der Waals surface area (Å²) in [6.07, 6.45) is 6.15. The van der Waals surface area contributed by atoms with Crippen molar-refractivity contribution in [3.63, 3.8) is 0 Å². The molecule has 1 fully saturated rings. The van der Waals surface area contributed by atoms with E-state index in [4.69, 9.17) is 4.98 Å². The second-order valence-corrected chi connectivity index (χ2v) is 8.93. The molecule has 0 bridgehead atoms. The van der Waals surface area contributed by atoms with E-state index < -0.39 is 0 Å². The van der Waals surface area contributed by atoms with Crippen LogP contribution in [0.4, 0.5) is 0 Å². The second kappa shape index (κ2) is 8.97. The fraction of sp³-hybridized carbons (Fsp3) is 0.318. The van der Waals surface area contributed by atoms with Crippen LogP contribution < -0.4 is 10.9 Å². The summed E-state index contributed by atoms with van der Waals surface area (Å²) < 4.78 is 1.61. The number of hydrogen-bond acceptors (Lipinski definition) is 5. The van der Waals surface area contributed by atoms with E-state index in [-0.39, 0.29) is 17.2 Å². The van der Waals surface area contributed by atoms with E-state index >= 15 is 0 Å². The van der Waals surface area contributed by atoms with Gasteiger partial charge < -0.3 is 5.32 Å². The number of hydrogen-bond donors (Lipinski definition) is 1. The minimum absolute atomic E-state index is 0.00227. The maximum atomic E-state index is 13.3. The molecule has 0 radical (unpaired) electrons. The molecule has 2 aromatic heterocycles. The predicted molar refractivity (Wildman–Crippen MR) is 121 cm³/mol. The van der Waals surface area contributed by atoms with Gasteiger partial charge in [0, 0.05) is 23.5 Å². The number of rotatable bonds is 7. The number of carbonyl (C=O) groups is 1. The van der Waals surface area contributed by atoms with Gasteiger partial charge in [-0.3, -0.25) is 14.2 Å². The number of nitrogens with one attached hydrogen (secondary N) is 1. The Kier molecular flexibility index (Phi) is 6.16. The Morgan fingerprint density at radius 2 is 2.07 bits per heavy atom. The molecule has 1 aliphatic rings. The van der Waals surface area contributed by atoms with Crippen LogP contribution >= 0.6 is 23.1 Å². The molecule has 1 N–H and O–H groups in total. The molecule has 7 heteroatoms. The predicted octanol–water partition coefficient (Wildman–Crippen LogP) is 4.46. The topological polar surface area (TPSA) is 64.0 Å². The molecule has 29 heavy (non-hydrogen) atoms. The Bertz CT molecular complexity index is 1080. The fourth-order valence-electron chi connectivity index (χ4n) is 3.71. The van der Waals surface area contributed by atoms with Gasteiger partial charge in [0.25, 0.3) is 5.56 Å². The third-order valence-corrected chi connectivity index (χ3v) is 6.96. The first-order chi connectivity index (χ1) is 14.2. The van der Waals surface area contributed by atoms with Crippen LogP contribution in [0.1, 0.15) is 25.7 Å². The lowest BCUT2D eigenvalue weighted by Gasteiger charge is -2.13. The van der Waals surface area contributed by atoms with Gasteiger partial charge in [0.05, 0.1) is 11.1 Å². The molecule has 4 rings (SSSR count). The normalized spacial score (nSPS) is 14.3. The molecule has 150 valence electrons. The summed E-state index contributed by atoms with van der Waals surface area (Å²) in [5.41, 5.74) is 1.81. The van der Waals surface area contributed by atoms with Gasteiger partial charge in [-0.05, 0) is 18.4 Å². The van der Waals surface area contributed by atoms with Gasteiger partial charge in [-0.25, -0.2) is 4.98 Å². The van der Waals surface area contributed by atoms with Crippen LogP contribution in [0.25, 0.3) is 21.3 Å². The summed E-state index contributed by atoms with van der Waals surface area (Å²) in [7, 11) is 0. The lowest BCUT2D eigenvalue weighted by atomic mass is 10.1. The first-order valence-corrected chi connectivity index (χ1v) is 11.6. The van der Waals surface area contributed by atoms with Crippen LogP contribution in [0.2, 0.25) is 0 Å². The van der Waals surface area contributed by atoms with Crippen molar-refractivity contribution in [2.45, 2.75) is 43.4 Å². The molecule has 1 aromatic carbocycles. The van der Waals surface area contributed by atoms with Gasteiger partial charge in [0.2, 0.25) is 5.91 Å². The average molecular weight is 426 g/mol. The zero-order valence-corrected chi connectivity index (χ0v) is 17.7. The van der Waals surface area contributed by atoms with Crippen molar-refractivity contribution >= 4 is 39.2 Å². The molecule has 0 spiro atoms. The van der Waals surface area contributed by atoms with Crippen molar-refractivity contribution in [2.75, 3.05) is 5.75 Å². The van der Waals surface area contributed by atoms with Gasteiger partial charge in [-0.1, -0.05) is 61.0 Å². The van der Waals surface area contributed by atoms with Crippen molar-refractivity contribution in [2.24, 2.45) is 0 Å². The quantitative estimate of drug-likeness (QED) is 0.345. The maximum absolute atomic E-state index is 13.3. The minimum atomic E-state index is -0.0892. The van der Waals surface area contributed by atoms with Crippen molar-refractivity contribution < 1.29 is 4.79 Å². The number of fused-ring (bicyclic) bond motifs is 1. The Hall–Kier alpha value is -2.38. The fourth-order valence-corrected chi connectivity index (χ4v) is 5.51. The number of nitrogens with zero attached hydrogens (tertiary/aromatic N) is 2. The summed E-state index contributed by atoms with van der Waals surface area (Å²) in [5.74, 6) is 0.250. The van der Waals surface area contributed by atoms with E-state index in [1.807, 2.05) is 35.7 Å². The third kappa shape index (κ3) is 4.31. The summed E-state index contributed by atoms with van der Waals surface area (Å²) in [4.78, 5) is 31.0. The van der Waals surface area contributed by atoms with Crippen molar-refractivity contribution in [3.8, 4) is 11.1 Å². The van der Waals surface area contributed by atoms with Crippen LogP contribution in [0.5, 0.6) is 0 Å². The molecule has 0 saturated heterocycles. The number of aromatic nitrogens is 2. The number of carbonyl (C=O) groups excluding carboxylic acids is 1.